The standard InChI is InChI=1S/C15H10O3/c16-14-9-5-4-8-13(14)15(17)18-11-10-12-6-2-1-3-7-12/h1-9,16H. The summed E-state index contributed by atoms with van der Waals surface area (Å²) in [7, 11) is 0. The molecular weight excluding hydrogens is 228 g/mol. The summed E-state index contributed by atoms with van der Waals surface area (Å²) >= 11 is 0. The van der Waals surface area contributed by atoms with Gasteiger partial charge in [-0.25, -0.2) is 4.79 Å². The number of phenols is 1. The van der Waals surface area contributed by atoms with Crippen LogP contribution in [0.2, 0.25) is 0 Å². The summed E-state index contributed by atoms with van der Waals surface area (Å²) in [6.07, 6.45) is 2.32. The van der Waals surface area contributed by atoms with E-state index >= 15 is 0 Å². The summed E-state index contributed by atoms with van der Waals surface area (Å²) in [6, 6.07) is 15.3. The summed E-state index contributed by atoms with van der Waals surface area (Å²) < 4.78 is 4.75. The second kappa shape index (κ2) is 5.55. The number of esters is 1. The fourth-order valence-corrected chi connectivity index (χ4v) is 1.35. The lowest BCUT2D eigenvalue weighted by molar-refractivity contribution is 0.0687. The van der Waals surface area contributed by atoms with Crippen molar-refractivity contribution in [3.05, 3.63) is 65.7 Å². The Morgan fingerprint density at radius 1 is 1.00 bits per heavy atom. The van der Waals surface area contributed by atoms with Crippen LogP contribution in [0.3, 0.4) is 0 Å². The molecule has 0 aliphatic rings. The first-order valence-corrected chi connectivity index (χ1v) is 5.32. The molecule has 0 bridgehead atoms. The minimum absolute atomic E-state index is 0.0971. The molecule has 0 aromatic heterocycles. The molecule has 0 aliphatic heterocycles. The molecule has 18 heavy (non-hydrogen) atoms. The predicted octanol–water partition coefficient (Wildman–Crippen LogP) is 2.56. The van der Waals surface area contributed by atoms with E-state index in [1.807, 2.05) is 18.2 Å². The highest BCUT2D eigenvalue weighted by molar-refractivity contribution is 5.92. The van der Waals surface area contributed by atoms with E-state index in [4.69, 9.17) is 4.74 Å². The number of carbonyl (C=O) groups excluding carboxylic acids is 1. The van der Waals surface area contributed by atoms with Crippen LogP contribution < -0.4 is 0 Å². The van der Waals surface area contributed by atoms with Crippen molar-refractivity contribution in [1.82, 2.24) is 0 Å². The molecule has 3 heteroatoms. The van der Waals surface area contributed by atoms with Crippen molar-refractivity contribution in [2.24, 2.45) is 0 Å². The molecule has 2 rings (SSSR count). The Kier molecular flexibility index (Phi) is 3.62. The molecule has 0 amide bonds. The van der Waals surface area contributed by atoms with Crippen molar-refractivity contribution < 1.29 is 14.6 Å². The lowest BCUT2D eigenvalue weighted by atomic mass is 10.2. The molecule has 0 fully saturated rings. The van der Waals surface area contributed by atoms with E-state index in [1.54, 1.807) is 24.3 Å². The summed E-state index contributed by atoms with van der Waals surface area (Å²) in [5.74, 6) is 1.90. The molecular formula is C15H10O3. The van der Waals surface area contributed by atoms with Gasteiger partial charge in [0.2, 0.25) is 0 Å². The third-order valence-corrected chi connectivity index (χ3v) is 2.24. The summed E-state index contributed by atoms with van der Waals surface area (Å²) in [5, 5.41) is 9.45. The van der Waals surface area contributed by atoms with Gasteiger partial charge in [0, 0.05) is 5.56 Å². The average molecular weight is 238 g/mol. The number of phenolic OH excluding ortho intramolecular Hbond substituents is 1. The summed E-state index contributed by atoms with van der Waals surface area (Å²) in [6.45, 7) is 0. The number of para-hydroxylation sites is 1. The van der Waals surface area contributed by atoms with Crippen LogP contribution in [0.5, 0.6) is 5.75 Å². The zero-order chi connectivity index (χ0) is 12.8. The van der Waals surface area contributed by atoms with Gasteiger partial charge in [0.1, 0.15) is 17.4 Å². The van der Waals surface area contributed by atoms with Crippen molar-refractivity contribution in [2.75, 3.05) is 0 Å². The van der Waals surface area contributed by atoms with Crippen molar-refractivity contribution in [3.63, 3.8) is 0 Å². The Balaban J connectivity index is 2.06. The monoisotopic (exact) mass is 238 g/mol. The van der Waals surface area contributed by atoms with Gasteiger partial charge >= 0.3 is 5.97 Å². The van der Waals surface area contributed by atoms with Gasteiger partial charge in [0.25, 0.3) is 0 Å². The largest absolute Gasteiger partial charge is 0.507 e. The third kappa shape index (κ3) is 2.89. The minimum atomic E-state index is -0.670. The molecule has 0 saturated heterocycles. The third-order valence-electron chi connectivity index (χ3n) is 2.24. The zero-order valence-electron chi connectivity index (χ0n) is 9.46. The fraction of sp³-hybridized carbons (Fsp3) is 0. The Bertz CT molecular complexity index is 606. The van der Waals surface area contributed by atoms with E-state index in [-0.39, 0.29) is 11.3 Å². The number of hydrogen-bond acceptors (Lipinski definition) is 3. The van der Waals surface area contributed by atoms with Crippen molar-refractivity contribution in [2.45, 2.75) is 0 Å². The quantitative estimate of drug-likeness (QED) is 0.613. The maximum Gasteiger partial charge on any atom is 0.355 e. The molecule has 2 aromatic carbocycles. The van der Waals surface area contributed by atoms with Crippen LogP contribution in [0.1, 0.15) is 15.9 Å². The number of hydrogen-bond donors (Lipinski definition) is 1. The molecule has 0 unspecified atom stereocenters. The van der Waals surface area contributed by atoms with Gasteiger partial charge < -0.3 is 9.84 Å². The second-order valence-electron chi connectivity index (χ2n) is 3.50. The van der Waals surface area contributed by atoms with Crippen molar-refractivity contribution in [1.29, 1.82) is 0 Å². The molecule has 0 aliphatic carbocycles. The minimum Gasteiger partial charge on any atom is -0.507 e. The topological polar surface area (TPSA) is 46.5 Å². The normalized spacial score (nSPS) is 9.11. The Morgan fingerprint density at radius 2 is 1.67 bits per heavy atom. The lowest BCUT2D eigenvalue weighted by Crippen LogP contribution is -2.00. The van der Waals surface area contributed by atoms with Gasteiger partial charge in [0.05, 0.1) is 0 Å². The molecule has 2 aromatic rings. The van der Waals surface area contributed by atoms with Crippen molar-refractivity contribution in [3.8, 4) is 17.8 Å². The second-order valence-corrected chi connectivity index (χ2v) is 3.50. The van der Waals surface area contributed by atoms with Gasteiger partial charge in [-0.3, -0.25) is 0 Å². The number of carbonyl (C=O) groups is 1. The van der Waals surface area contributed by atoms with E-state index in [2.05, 4.69) is 12.0 Å². The Hall–Kier alpha value is -2.73. The maximum atomic E-state index is 11.6. The lowest BCUT2D eigenvalue weighted by Gasteiger charge is -1.99. The molecule has 0 radical (unpaired) electrons. The molecule has 0 atom stereocenters. The maximum absolute atomic E-state index is 11.6. The van der Waals surface area contributed by atoms with Crippen LogP contribution in [0.15, 0.2) is 54.6 Å². The number of rotatable bonds is 1. The van der Waals surface area contributed by atoms with Crippen LogP contribution in [0.25, 0.3) is 0 Å². The van der Waals surface area contributed by atoms with Gasteiger partial charge in [-0.2, -0.15) is 0 Å². The highest BCUT2D eigenvalue weighted by atomic mass is 16.5. The van der Waals surface area contributed by atoms with Gasteiger partial charge in [-0.1, -0.05) is 30.3 Å². The molecule has 0 saturated carbocycles. The molecule has 0 spiro atoms. The average Bonchev–Trinajstić information content (AvgIpc) is 2.40. The molecule has 1 N–H and O–H groups in total. The molecule has 0 heterocycles. The first-order chi connectivity index (χ1) is 8.77. The first-order valence-electron chi connectivity index (χ1n) is 5.32. The number of aromatic hydroxyl groups is 1. The van der Waals surface area contributed by atoms with E-state index in [0.717, 1.165) is 5.56 Å². The highest BCUT2D eigenvalue weighted by Crippen LogP contribution is 2.16. The van der Waals surface area contributed by atoms with E-state index in [1.165, 1.54) is 12.1 Å². The Labute approximate surface area is 105 Å². The first kappa shape index (κ1) is 11.7. The number of ether oxygens (including phenoxy) is 1. The zero-order valence-corrected chi connectivity index (χ0v) is 9.46. The van der Waals surface area contributed by atoms with Crippen LogP contribution in [-0.4, -0.2) is 11.1 Å². The van der Waals surface area contributed by atoms with Crippen LogP contribution in [-0.2, 0) is 4.74 Å². The summed E-state index contributed by atoms with van der Waals surface area (Å²) in [5.41, 5.74) is 0.849. The molecule has 3 nitrogen and oxygen atoms in total. The van der Waals surface area contributed by atoms with Gasteiger partial charge in [-0.05, 0) is 30.2 Å². The summed E-state index contributed by atoms with van der Waals surface area (Å²) in [4.78, 5) is 11.6. The Morgan fingerprint density at radius 3 is 2.39 bits per heavy atom. The van der Waals surface area contributed by atoms with Gasteiger partial charge in [-0.15, -0.1) is 0 Å². The van der Waals surface area contributed by atoms with Crippen LogP contribution in [0, 0.1) is 12.0 Å². The van der Waals surface area contributed by atoms with E-state index in [9.17, 15) is 9.90 Å². The van der Waals surface area contributed by atoms with Crippen LogP contribution >= 0.6 is 0 Å². The number of benzene rings is 2. The van der Waals surface area contributed by atoms with Crippen molar-refractivity contribution >= 4 is 5.97 Å². The predicted molar refractivity (Wildman–Crippen MR) is 66.8 cm³/mol. The molecule has 88 valence electrons. The van der Waals surface area contributed by atoms with E-state index in [0.29, 0.717) is 0 Å². The van der Waals surface area contributed by atoms with Crippen LogP contribution in [0.4, 0.5) is 0 Å². The SMILES string of the molecule is O=C(OC#Cc1ccccc1)c1ccccc1O. The van der Waals surface area contributed by atoms with E-state index < -0.39 is 5.97 Å². The van der Waals surface area contributed by atoms with Gasteiger partial charge in [0.15, 0.2) is 0 Å². The fourth-order valence-electron chi connectivity index (χ4n) is 1.35. The highest BCUT2D eigenvalue weighted by Gasteiger charge is 2.10. The smallest absolute Gasteiger partial charge is 0.355 e.